The Morgan fingerprint density at radius 2 is 2.00 bits per heavy atom. The molecule has 3 rings (SSSR count). The Morgan fingerprint density at radius 1 is 1.29 bits per heavy atom. The largest absolute Gasteiger partial charge is 0.382 e. The van der Waals surface area contributed by atoms with Crippen LogP contribution >= 0.6 is 0 Å². The number of fused-ring (bicyclic) bond motifs is 1. The highest BCUT2D eigenvalue weighted by molar-refractivity contribution is 6.03. The quantitative estimate of drug-likeness (QED) is 0.290. The molecule has 0 saturated carbocycles. The van der Waals surface area contributed by atoms with Crippen LogP contribution in [0.5, 0.6) is 0 Å². The van der Waals surface area contributed by atoms with Crippen molar-refractivity contribution in [1.29, 1.82) is 0 Å². The molecule has 3 aromatic rings. The van der Waals surface area contributed by atoms with E-state index in [0.717, 1.165) is 0 Å². The second-order valence-electron chi connectivity index (χ2n) is 5.66. The number of non-ortho nitro benzene ring substituents is 1. The summed E-state index contributed by atoms with van der Waals surface area (Å²) < 4.78 is 0. The number of hydrogen-bond acceptors (Lipinski definition) is 7. The molecule has 1 aromatic heterocycles. The number of aliphatic hydroxyl groups is 1. The SMILES string of the molecule is NC(=O)N/N=C(/c1nc2ccc([N+](=O)[O-])cc2[nH]c1=O)C(O)c1ccccc1. The fraction of sp³-hybridized carbons (Fsp3) is 0.0588. The molecule has 1 atom stereocenters. The average molecular weight is 382 g/mol. The molecule has 0 aliphatic carbocycles. The Balaban J connectivity index is 2.15. The van der Waals surface area contributed by atoms with Crippen molar-refractivity contribution in [3.8, 4) is 0 Å². The van der Waals surface area contributed by atoms with E-state index in [2.05, 4.69) is 15.1 Å². The van der Waals surface area contributed by atoms with Crippen LogP contribution in [0.15, 0.2) is 58.4 Å². The van der Waals surface area contributed by atoms with E-state index in [9.17, 15) is 24.8 Å². The summed E-state index contributed by atoms with van der Waals surface area (Å²) in [4.78, 5) is 40.5. The number of rotatable bonds is 5. The molecule has 28 heavy (non-hydrogen) atoms. The van der Waals surface area contributed by atoms with Gasteiger partial charge in [-0.15, -0.1) is 0 Å². The van der Waals surface area contributed by atoms with Gasteiger partial charge in [0, 0.05) is 12.1 Å². The number of nitro benzene ring substituents is 1. The normalized spacial score (nSPS) is 12.5. The molecule has 5 N–H and O–H groups in total. The maximum Gasteiger partial charge on any atom is 0.332 e. The van der Waals surface area contributed by atoms with Crippen LogP contribution in [0.4, 0.5) is 10.5 Å². The first-order chi connectivity index (χ1) is 13.4. The van der Waals surface area contributed by atoms with Crippen LogP contribution in [0.1, 0.15) is 17.4 Å². The van der Waals surface area contributed by atoms with Gasteiger partial charge in [0.05, 0.1) is 16.0 Å². The van der Waals surface area contributed by atoms with Crippen molar-refractivity contribution in [2.24, 2.45) is 10.8 Å². The van der Waals surface area contributed by atoms with Crippen molar-refractivity contribution in [2.45, 2.75) is 6.10 Å². The maximum atomic E-state index is 12.5. The van der Waals surface area contributed by atoms with Crippen LogP contribution in [-0.4, -0.2) is 31.7 Å². The Hall–Kier alpha value is -4.12. The third-order valence-corrected chi connectivity index (χ3v) is 3.79. The molecule has 1 unspecified atom stereocenters. The number of hydrazone groups is 1. The van der Waals surface area contributed by atoms with E-state index in [1.807, 2.05) is 5.43 Å². The molecular weight excluding hydrogens is 368 g/mol. The maximum absolute atomic E-state index is 12.5. The summed E-state index contributed by atoms with van der Waals surface area (Å²) >= 11 is 0. The topological polar surface area (TPSA) is 177 Å². The number of urea groups is 1. The summed E-state index contributed by atoms with van der Waals surface area (Å²) in [6, 6.07) is 11.0. The van der Waals surface area contributed by atoms with Crippen LogP contribution in [0.3, 0.4) is 0 Å². The smallest absolute Gasteiger partial charge is 0.332 e. The molecule has 0 fully saturated rings. The number of aromatic amines is 1. The van der Waals surface area contributed by atoms with Crippen molar-refractivity contribution in [1.82, 2.24) is 15.4 Å². The summed E-state index contributed by atoms with van der Waals surface area (Å²) in [5.41, 5.74) is 6.28. The van der Waals surface area contributed by atoms with Gasteiger partial charge in [-0.25, -0.2) is 15.2 Å². The first-order valence-electron chi connectivity index (χ1n) is 7.91. The molecule has 11 heteroatoms. The van der Waals surface area contributed by atoms with Gasteiger partial charge in [-0.05, 0) is 11.6 Å². The van der Waals surface area contributed by atoms with Gasteiger partial charge in [-0.2, -0.15) is 5.10 Å². The van der Waals surface area contributed by atoms with Gasteiger partial charge in [0.2, 0.25) is 0 Å². The van der Waals surface area contributed by atoms with E-state index >= 15 is 0 Å². The molecule has 2 aromatic carbocycles. The Kier molecular flexibility index (Phi) is 5.09. The number of aliphatic hydroxyl groups excluding tert-OH is 1. The third-order valence-electron chi connectivity index (χ3n) is 3.79. The van der Waals surface area contributed by atoms with E-state index in [1.165, 1.54) is 18.2 Å². The third kappa shape index (κ3) is 3.83. The summed E-state index contributed by atoms with van der Waals surface area (Å²) in [7, 11) is 0. The van der Waals surface area contributed by atoms with Crippen LogP contribution in [0.2, 0.25) is 0 Å². The first-order valence-corrected chi connectivity index (χ1v) is 7.91. The summed E-state index contributed by atoms with van der Waals surface area (Å²) in [5.74, 6) is 0. The lowest BCUT2D eigenvalue weighted by Gasteiger charge is -2.13. The lowest BCUT2D eigenvalue weighted by Crippen LogP contribution is -2.31. The first kappa shape index (κ1) is 18.7. The lowest BCUT2D eigenvalue weighted by molar-refractivity contribution is -0.384. The van der Waals surface area contributed by atoms with Gasteiger partial charge in [0.15, 0.2) is 5.69 Å². The fourth-order valence-electron chi connectivity index (χ4n) is 2.51. The minimum atomic E-state index is -1.39. The summed E-state index contributed by atoms with van der Waals surface area (Å²) in [6.45, 7) is 0. The van der Waals surface area contributed by atoms with E-state index in [1.54, 1.807) is 30.3 Å². The van der Waals surface area contributed by atoms with Crippen molar-refractivity contribution in [3.05, 3.63) is 80.3 Å². The Labute approximate surface area is 156 Å². The second kappa shape index (κ2) is 7.63. The van der Waals surface area contributed by atoms with Crippen molar-refractivity contribution >= 4 is 28.5 Å². The van der Waals surface area contributed by atoms with Gasteiger partial charge in [0.25, 0.3) is 11.2 Å². The molecule has 0 saturated heterocycles. The molecular formula is C17H14N6O5. The minimum Gasteiger partial charge on any atom is -0.382 e. The van der Waals surface area contributed by atoms with E-state index < -0.39 is 22.6 Å². The molecule has 0 radical (unpaired) electrons. The summed E-state index contributed by atoms with van der Waals surface area (Å²) in [5, 5.41) is 25.3. The monoisotopic (exact) mass is 382 g/mol. The molecule has 0 spiro atoms. The number of benzene rings is 2. The number of nitrogens with one attached hydrogen (secondary N) is 2. The number of aromatic nitrogens is 2. The second-order valence-corrected chi connectivity index (χ2v) is 5.66. The van der Waals surface area contributed by atoms with Crippen LogP contribution in [0, 0.1) is 10.1 Å². The summed E-state index contributed by atoms with van der Waals surface area (Å²) in [6.07, 6.45) is -1.39. The molecule has 0 aliphatic heterocycles. The zero-order valence-corrected chi connectivity index (χ0v) is 14.2. The van der Waals surface area contributed by atoms with Crippen molar-refractivity contribution < 1.29 is 14.8 Å². The van der Waals surface area contributed by atoms with Crippen molar-refractivity contribution in [3.63, 3.8) is 0 Å². The number of carbonyl (C=O) groups is 1. The molecule has 0 bridgehead atoms. The molecule has 1 heterocycles. The van der Waals surface area contributed by atoms with Crippen molar-refractivity contribution in [2.75, 3.05) is 0 Å². The Morgan fingerprint density at radius 3 is 2.64 bits per heavy atom. The molecule has 2 amide bonds. The predicted octanol–water partition coefficient (Wildman–Crippen LogP) is 0.937. The number of amides is 2. The molecule has 0 aliphatic rings. The number of nitrogens with zero attached hydrogens (tertiary/aromatic N) is 3. The fourth-order valence-corrected chi connectivity index (χ4v) is 2.51. The number of carbonyl (C=O) groups excluding carboxylic acids is 1. The minimum absolute atomic E-state index is 0.138. The molecule has 142 valence electrons. The number of nitro groups is 1. The van der Waals surface area contributed by atoms with E-state index in [0.29, 0.717) is 5.56 Å². The van der Waals surface area contributed by atoms with Crippen LogP contribution in [0.25, 0.3) is 11.0 Å². The van der Waals surface area contributed by atoms with Crippen LogP contribution < -0.4 is 16.7 Å². The van der Waals surface area contributed by atoms with E-state index in [-0.39, 0.29) is 28.1 Å². The zero-order chi connectivity index (χ0) is 20.3. The van der Waals surface area contributed by atoms with Gasteiger partial charge < -0.3 is 15.8 Å². The molecule has 11 nitrogen and oxygen atoms in total. The van der Waals surface area contributed by atoms with Gasteiger partial charge in [-0.1, -0.05) is 30.3 Å². The highest BCUT2D eigenvalue weighted by atomic mass is 16.6. The predicted molar refractivity (Wildman–Crippen MR) is 99.7 cm³/mol. The van der Waals surface area contributed by atoms with Gasteiger partial charge in [-0.3, -0.25) is 14.9 Å². The highest BCUT2D eigenvalue weighted by Crippen LogP contribution is 2.20. The van der Waals surface area contributed by atoms with Gasteiger partial charge in [0.1, 0.15) is 11.8 Å². The van der Waals surface area contributed by atoms with E-state index in [4.69, 9.17) is 5.73 Å². The number of primary amides is 1. The van der Waals surface area contributed by atoms with Crippen LogP contribution in [-0.2, 0) is 0 Å². The zero-order valence-electron chi connectivity index (χ0n) is 14.2. The Bertz CT molecular complexity index is 1140. The standard InChI is InChI=1S/C17H14N6O5/c18-17(26)22-21-13(15(24)9-4-2-1-3-5-9)14-16(25)20-12-8-10(23(27)28)6-7-11(12)19-14/h1-8,15,24H,(H,20,25)(H3,18,22,26)/b21-13-. The van der Waals surface area contributed by atoms with Gasteiger partial charge >= 0.3 is 6.03 Å². The highest BCUT2D eigenvalue weighted by Gasteiger charge is 2.23. The average Bonchev–Trinajstić information content (AvgIpc) is 2.68. The lowest BCUT2D eigenvalue weighted by atomic mass is 10.0. The number of hydrogen-bond donors (Lipinski definition) is 4. The number of nitrogens with two attached hydrogens (primary N) is 1. The number of H-pyrrole nitrogens is 1.